The van der Waals surface area contributed by atoms with Gasteiger partial charge in [0, 0.05) is 18.9 Å². The average molecular weight is 366 g/mol. The molecule has 0 saturated carbocycles. The van der Waals surface area contributed by atoms with E-state index in [4.69, 9.17) is 5.73 Å². The fourth-order valence-corrected chi connectivity index (χ4v) is 4.87. The second-order valence-electron chi connectivity index (χ2n) is 7.92. The van der Waals surface area contributed by atoms with Crippen molar-refractivity contribution in [3.63, 3.8) is 0 Å². The lowest BCUT2D eigenvalue weighted by Crippen LogP contribution is -2.37. The number of carbonyl (C=O) groups excluding carboxylic acids is 1. The molecule has 0 spiro atoms. The van der Waals surface area contributed by atoms with Gasteiger partial charge in [-0.3, -0.25) is 4.79 Å². The number of likely N-dealkylation sites (tertiary alicyclic amines) is 1. The number of amides is 1. The Balaban J connectivity index is 1.62. The van der Waals surface area contributed by atoms with Gasteiger partial charge in [-0.25, -0.2) is 4.39 Å². The van der Waals surface area contributed by atoms with Crippen LogP contribution in [0.5, 0.6) is 0 Å². The van der Waals surface area contributed by atoms with E-state index in [9.17, 15) is 9.18 Å². The van der Waals surface area contributed by atoms with Crippen LogP contribution in [-0.4, -0.2) is 30.4 Å². The van der Waals surface area contributed by atoms with Crippen LogP contribution in [0, 0.1) is 11.7 Å². The fourth-order valence-electron chi connectivity index (χ4n) is 4.87. The van der Waals surface area contributed by atoms with Crippen LogP contribution in [0.1, 0.15) is 47.4 Å². The van der Waals surface area contributed by atoms with Crippen LogP contribution in [0.2, 0.25) is 0 Å². The molecule has 2 aromatic carbocycles. The van der Waals surface area contributed by atoms with Crippen molar-refractivity contribution in [2.24, 2.45) is 11.7 Å². The van der Waals surface area contributed by atoms with Crippen LogP contribution in [0.4, 0.5) is 4.39 Å². The normalized spacial score (nSPS) is 20.6. The van der Waals surface area contributed by atoms with Crippen LogP contribution < -0.4 is 5.73 Å². The molecule has 1 aliphatic carbocycles. The Labute approximate surface area is 160 Å². The molecule has 1 unspecified atom stereocenters. The van der Waals surface area contributed by atoms with Crippen LogP contribution in [0.15, 0.2) is 42.5 Å². The van der Waals surface area contributed by atoms with Gasteiger partial charge in [0.15, 0.2) is 0 Å². The number of nitrogens with two attached hydrogens (primary N) is 1. The summed E-state index contributed by atoms with van der Waals surface area (Å²) < 4.78 is 14.1. The Bertz CT molecular complexity index is 827. The van der Waals surface area contributed by atoms with Crippen molar-refractivity contribution in [1.29, 1.82) is 0 Å². The largest absolute Gasteiger partial charge is 0.370 e. The highest BCUT2D eigenvalue weighted by Crippen LogP contribution is 2.43. The molecule has 1 fully saturated rings. The van der Waals surface area contributed by atoms with E-state index in [1.807, 2.05) is 6.07 Å². The van der Waals surface area contributed by atoms with Gasteiger partial charge in [0.2, 0.25) is 5.91 Å². The number of primary amides is 1. The zero-order chi connectivity index (χ0) is 18.8. The van der Waals surface area contributed by atoms with E-state index < -0.39 is 0 Å². The molecule has 1 heterocycles. The minimum absolute atomic E-state index is 0.142. The van der Waals surface area contributed by atoms with Crippen molar-refractivity contribution >= 4 is 5.91 Å². The molecule has 4 heteroatoms. The average Bonchev–Trinajstić information content (AvgIpc) is 2.83. The first-order chi connectivity index (χ1) is 13.1. The molecule has 27 heavy (non-hydrogen) atoms. The Morgan fingerprint density at radius 3 is 2.48 bits per heavy atom. The number of carbonyl (C=O) groups is 1. The minimum atomic E-state index is -0.237. The molecule has 0 aromatic heterocycles. The van der Waals surface area contributed by atoms with Crippen LogP contribution in [0.3, 0.4) is 0 Å². The van der Waals surface area contributed by atoms with Gasteiger partial charge in [-0.1, -0.05) is 30.3 Å². The van der Waals surface area contributed by atoms with Gasteiger partial charge in [0.25, 0.3) is 0 Å². The molecular formula is C23H27FN2O. The van der Waals surface area contributed by atoms with Gasteiger partial charge in [-0.05, 0) is 79.1 Å². The summed E-state index contributed by atoms with van der Waals surface area (Å²) in [7, 11) is 0. The second-order valence-corrected chi connectivity index (χ2v) is 7.92. The second kappa shape index (κ2) is 7.81. The maximum absolute atomic E-state index is 14.1. The van der Waals surface area contributed by atoms with Gasteiger partial charge in [0.05, 0.1) is 0 Å². The molecule has 1 amide bonds. The number of hydrogen-bond donors (Lipinski definition) is 1. The number of fused-ring (bicyclic) bond motifs is 2. The lowest BCUT2D eigenvalue weighted by Gasteiger charge is -2.37. The van der Waals surface area contributed by atoms with Crippen LogP contribution in [0.25, 0.3) is 0 Å². The Hall–Kier alpha value is -2.20. The Morgan fingerprint density at radius 1 is 1.04 bits per heavy atom. The predicted molar refractivity (Wildman–Crippen MR) is 105 cm³/mol. The van der Waals surface area contributed by atoms with Crippen molar-refractivity contribution in [1.82, 2.24) is 4.90 Å². The topological polar surface area (TPSA) is 46.3 Å². The highest BCUT2D eigenvalue weighted by molar-refractivity contribution is 5.73. The maximum Gasteiger partial charge on any atom is 0.218 e. The molecule has 2 aliphatic rings. The number of halogens is 1. The summed E-state index contributed by atoms with van der Waals surface area (Å²) in [5.74, 6) is 0.374. The highest BCUT2D eigenvalue weighted by Gasteiger charge is 2.33. The first-order valence-corrected chi connectivity index (χ1v) is 9.98. The summed E-state index contributed by atoms with van der Waals surface area (Å²) in [5.41, 5.74) is 10.5. The lowest BCUT2D eigenvalue weighted by molar-refractivity contribution is -0.118. The predicted octanol–water partition coefficient (Wildman–Crippen LogP) is 3.64. The molecule has 3 nitrogen and oxygen atoms in total. The molecule has 4 rings (SSSR count). The van der Waals surface area contributed by atoms with E-state index in [0.29, 0.717) is 12.3 Å². The van der Waals surface area contributed by atoms with Crippen LogP contribution in [-0.2, 0) is 17.6 Å². The quantitative estimate of drug-likeness (QED) is 0.898. The molecule has 0 bridgehead atoms. The monoisotopic (exact) mass is 366 g/mol. The van der Waals surface area contributed by atoms with Gasteiger partial charge in [0.1, 0.15) is 5.82 Å². The third kappa shape index (κ3) is 3.91. The maximum atomic E-state index is 14.1. The number of rotatable bonds is 4. The zero-order valence-electron chi connectivity index (χ0n) is 15.7. The van der Waals surface area contributed by atoms with E-state index in [1.54, 1.807) is 12.1 Å². The Morgan fingerprint density at radius 2 is 1.74 bits per heavy atom. The van der Waals surface area contributed by atoms with Gasteiger partial charge >= 0.3 is 0 Å². The van der Waals surface area contributed by atoms with E-state index in [1.165, 1.54) is 22.3 Å². The van der Waals surface area contributed by atoms with Gasteiger partial charge in [-0.2, -0.15) is 0 Å². The van der Waals surface area contributed by atoms with Crippen molar-refractivity contribution in [3.8, 4) is 0 Å². The molecule has 1 saturated heterocycles. The Kier molecular flexibility index (Phi) is 5.26. The summed E-state index contributed by atoms with van der Waals surface area (Å²) in [4.78, 5) is 13.4. The van der Waals surface area contributed by atoms with Gasteiger partial charge < -0.3 is 10.6 Å². The first-order valence-electron chi connectivity index (χ1n) is 9.98. The summed E-state index contributed by atoms with van der Waals surface area (Å²) in [6, 6.07) is 14.0. The standard InChI is InChI=1S/C23H27FN2O/c24-19-8-7-17-6-5-16-3-1-2-4-20(16)23(21(17)15-19)18-9-12-26(13-10-18)14-11-22(25)27/h1-4,7-8,15,18,23H,5-6,9-14H2,(H2,25,27). The van der Waals surface area contributed by atoms with E-state index in [-0.39, 0.29) is 17.6 Å². The van der Waals surface area contributed by atoms with Crippen molar-refractivity contribution in [2.75, 3.05) is 19.6 Å². The molecule has 2 aromatic rings. The molecule has 2 N–H and O–H groups in total. The van der Waals surface area contributed by atoms with Crippen molar-refractivity contribution in [2.45, 2.75) is 38.0 Å². The number of aryl methyl sites for hydroxylation is 2. The first kappa shape index (κ1) is 18.2. The molecule has 1 aliphatic heterocycles. The summed E-state index contributed by atoms with van der Waals surface area (Å²) >= 11 is 0. The summed E-state index contributed by atoms with van der Waals surface area (Å²) in [5, 5.41) is 0. The third-order valence-electron chi connectivity index (χ3n) is 6.27. The SMILES string of the molecule is NC(=O)CCN1CCC(C2c3ccccc3CCc3ccc(F)cc32)CC1. The lowest BCUT2D eigenvalue weighted by atomic mass is 9.74. The van der Waals surface area contributed by atoms with Crippen molar-refractivity contribution in [3.05, 3.63) is 70.5 Å². The van der Waals surface area contributed by atoms with Gasteiger partial charge in [-0.15, -0.1) is 0 Å². The van der Waals surface area contributed by atoms with E-state index in [0.717, 1.165) is 45.3 Å². The third-order valence-corrected chi connectivity index (χ3v) is 6.27. The summed E-state index contributed by atoms with van der Waals surface area (Å²) in [6.45, 7) is 2.69. The molecule has 1 atom stereocenters. The molecular weight excluding hydrogens is 339 g/mol. The van der Waals surface area contributed by atoms with E-state index in [2.05, 4.69) is 29.2 Å². The molecule has 0 radical (unpaired) electrons. The highest BCUT2D eigenvalue weighted by atomic mass is 19.1. The molecule has 142 valence electrons. The fraction of sp³-hybridized carbons (Fsp3) is 0.435. The number of piperidine rings is 1. The number of hydrogen-bond acceptors (Lipinski definition) is 2. The van der Waals surface area contributed by atoms with Crippen molar-refractivity contribution < 1.29 is 9.18 Å². The zero-order valence-corrected chi connectivity index (χ0v) is 15.7. The smallest absolute Gasteiger partial charge is 0.218 e. The number of nitrogens with zero attached hydrogens (tertiary/aromatic N) is 1. The minimum Gasteiger partial charge on any atom is -0.370 e. The number of benzene rings is 2. The summed E-state index contributed by atoms with van der Waals surface area (Å²) in [6.07, 6.45) is 4.54. The van der Waals surface area contributed by atoms with E-state index >= 15 is 0 Å². The van der Waals surface area contributed by atoms with Crippen LogP contribution >= 0.6 is 0 Å².